The fourth-order valence-corrected chi connectivity index (χ4v) is 4.30. The number of carbonyl (C=O) groups is 2. The van der Waals surface area contributed by atoms with Crippen molar-refractivity contribution in [1.29, 1.82) is 0 Å². The van der Waals surface area contributed by atoms with Crippen LogP contribution in [0.25, 0.3) is 0 Å². The van der Waals surface area contributed by atoms with Gasteiger partial charge in [-0.1, -0.05) is 12.2 Å². The standard InChI is InChI=1S/C19H30N2O2/c1-15(22)21(17-8-4-9-17)18-10-5-12-20(13-11-18)19(23)14-16-6-2-3-7-16/h2,6,16-18H,3-5,7-14H2,1H3/t16-,18+/m0/s1. The molecule has 0 spiro atoms. The second-order valence-corrected chi connectivity index (χ2v) is 7.45. The van der Waals surface area contributed by atoms with Crippen LogP contribution in [0, 0.1) is 5.92 Å². The van der Waals surface area contributed by atoms with Gasteiger partial charge in [-0.25, -0.2) is 0 Å². The molecule has 0 unspecified atom stereocenters. The Morgan fingerprint density at radius 2 is 1.78 bits per heavy atom. The van der Waals surface area contributed by atoms with Gasteiger partial charge in [0.1, 0.15) is 0 Å². The van der Waals surface area contributed by atoms with Gasteiger partial charge in [0.05, 0.1) is 0 Å². The van der Waals surface area contributed by atoms with Gasteiger partial charge in [0.15, 0.2) is 0 Å². The molecule has 1 saturated carbocycles. The molecule has 3 aliphatic rings. The molecule has 4 nitrogen and oxygen atoms in total. The van der Waals surface area contributed by atoms with Crippen molar-refractivity contribution < 1.29 is 9.59 Å². The number of nitrogens with zero attached hydrogens (tertiary/aromatic N) is 2. The fourth-order valence-electron chi connectivity index (χ4n) is 4.30. The van der Waals surface area contributed by atoms with Crippen LogP contribution in [-0.4, -0.2) is 46.8 Å². The van der Waals surface area contributed by atoms with Crippen molar-refractivity contribution >= 4 is 11.8 Å². The highest BCUT2D eigenvalue weighted by molar-refractivity contribution is 5.77. The van der Waals surface area contributed by atoms with Crippen LogP contribution in [0.15, 0.2) is 12.2 Å². The SMILES string of the molecule is CC(=O)N(C1CCC1)[C@@H]1CCCN(C(=O)C[C@H]2C=CCC2)CC1. The topological polar surface area (TPSA) is 40.6 Å². The van der Waals surface area contributed by atoms with E-state index in [2.05, 4.69) is 17.1 Å². The molecule has 2 fully saturated rings. The van der Waals surface area contributed by atoms with Crippen LogP contribution >= 0.6 is 0 Å². The molecule has 4 heteroatoms. The van der Waals surface area contributed by atoms with Crippen LogP contribution in [0.2, 0.25) is 0 Å². The number of hydrogen-bond donors (Lipinski definition) is 0. The van der Waals surface area contributed by atoms with Crippen molar-refractivity contribution in [3.63, 3.8) is 0 Å². The summed E-state index contributed by atoms with van der Waals surface area (Å²) >= 11 is 0. The summed E-state index contributed by atoms with van der Waals surface area (Å²) in [5.74, 6) is 0.973. The zero-order valence-electron chi connectivity index (χ0n) is 14.4. The third-order valence-corrected chi connectivity index (χ3v) is 5.82. The lowest BCUT2D eigenvalue weighted by Crippen LogP contribution is -2.49. The maximum absolute atomic E-state index is 12.5. The van der Waals surface area contributed by atoms with Crippen LogP contribution in [-0.2, 0) is 9.59 Å². The number of rotatable bonds is 4. The molecule has 2 atom stereocenters. The summed E-state index contributed by atoms with van der Waals surface area (Å²) in [6.07, 6.45) is 13.9. The predicted molar refractivity (Wildman–Crippen MR) is 90.9 cm³/mol. The molecule has 1 heterocycles. The van der Waals surface area contributed by atoms with Gasteiger partial charge in [-0.3, -0.25) is 9.59 Å². The summed E-state index contributed by atoms with van der Waals surface area (Å²) in [7, 11) is 0. The Morgan fingerprint density at radius 3 is 2.39 bits per heavy atom. The second kappa shape index (κ2) is 7.50. The second-order valence-electron chi connectivity index (χ2n) is 7.45. The molecule has 23 heavy (non-hydrogen) atoms. The van der Waals surface area contributed by atoms with Crippen LogP contribution in [0.1, 0.15) is 64.7 Å². The molecule has 128 valence electrons. The summed E-state index contributed by atoms with van der Waals surface area (Å²) in [4.78, 5) is 28.8. The van der Waals surface area contributed by atoms with E-state index in [4.69, 9.17) is 0 Å². The van der Waals surface area contributed by atoms with E-state index in [0.717, 1.165) is 58.0 Å². The molecule has 0 aromatic rings. The van der Waals surface area contributed by atoms with Gasteiger partial charge in [-0.2, -0.15) is 0 Å². The molecule has 3 rings (SSSR count). The van der Waals surface area contributed by atoms with Gasteiger partial charge in [0.2, 0.25) is 11.8 Å². The fraction of sp³-hybridized carbons (Fsp3) is 0.789. The largest absolute Gasteiger partial charge is 0.343 e. The first-order valence-electron chi connectivity index (χ1n) is 9.38. The Hall–Kier alpha value is -1.32. The smallest absolute Gasteiger partial charge is 0.223 e. The maximum atomic E-state index is 12.5. The van der Waals surface area contributed by atoms with Crippen LogP contribution in [0.5, 0.6) is 0 Å². The monoisotopic (exact) mass is 318 g/mol. The lowest BCUT2D eigenvalue weighted by atomic mass is 9.89. The third kappa shape index (κ3) is 3.96. The number of likely N-dealkylation sites (tertiary alicyclic amines) is 1. The van der Waals surface area contributed by atoms with E-state index < -0.39 is 0 Å². The van der Waals surface area contributed by atoms with E-state index in [-0.39, 0.29) is 5.91 Å². The Bertz CT molecular complexity index is 470. The van der Waals surface area contributed by atoms with Crippen LogP contribution in [0.3, 0.4) is 0 Å². The molecular formula is C19H30N2O2. The number of carbonyl (C=O) groups excluding carboxylic acids is 2. The highest BCUT2D eigenvalue weighted by Crippen LogP contribution is 2.30. The molecule has 1 saturated heterocycles. The van der Waals surface area contributed by atoms with Gasteiger partial charge in [-0.05, 0) is 57.3 Å². The predicted octanol–water partition coefficient (Wildman–Crippen LogP) is 3.12. The van der Waals surface area contributed by atoms with Crippen molar-refractivity contribution in [1.82, 2.24) is 9.80 Å². The Balaban J connectivity index is 1.54. The number of hydrogen-bond acceptors (Lipinski definition) is 2. The number of allylic oxidation sites excluding steroid dienone is 2. The minimum atomic E-state index is 0.218. The maximum Gasteiger partial charge on any atom is 0.223 e. The Kier molecular flexibility index (Phi) is 5.39. The quantitative estimate of drug-likeness (QED) is 0.747. The summed E-state index contributed by atoms with van der Waals surface area (Å²) in [5, 5.41) is 0. The molecule has 0 aromatic heterocycles. The zero-order valence-corrected chi connectivity index (χ0v) is 14.4. The minimum Gasteiger partial charge on any atom is -0.343 e. The van der Waals surface area contributed by atoms with Crippen molar-refractivity contribution in [3.8, 4) is 0 Å². The van der Waals surface area contributed by atoms with E-state index in [1.807, 2.05) is 4.90 Å². The molecule has 0 N–H and O–H groups in total. The Labute approximate surface area is 139 Å². The highest BCUT2D eigenvalue weighted by Gasteiger charge is 2.34. The van der Waals surface area contributed by atoms with Crippen LogP contribution in [0.4, 0.5) is 0 Å². The molecule has 2 aliphatic carbocycles. The summed E-state index contributed by atoms with van der Waals surface area (Å²) in [6.45, 7) is 3.39. The average Bonchev–Trinajstić information content (AvgIpc) is 2.84. The van der Waals surface area contributed by atoms with E-state index in [9.17, 15) is 9.59 Å². The van der Waals surface area contributed by atoms with Gasteiger partial charge in [0, 0.05) is 38.5 Å². The average molecular weight is 318 g/mol. The normalized spacial score (nSPS) is 28.3. The van der Waals surface area contributed by atoms with E-state index in [1.54, 1.807) is 6.92 Å². The first kappa shape index (κ1) is 16.5. The summed E-state index contributed by atoms with van der Waals surface area (Å²) in [6, 6.07) is 0.797. The molecule has 0 radical (unpaired) electrons. The first-order valence-corrected chi connectivity index (χ1v) is 9.38. The lowest BCUT2D eigenvalue weighted by Gasteiger charge is -2.42. The van der Waals surface area contributed by atoms with Gasteiger partial charge >= 0.3 is 0 Å². The van der Waals surface area contributed by atoms with Gasteiger partial charge < -0.3 is 9.80 Å². The summed E-state index contributed by atoms with van der Waals surface area (Å²) in [5.41, 5.74) is 0. The van der Waals surface area contributed by atoms with Crippen molar-refractivity contribution in [2.45, 2.75) is 76.8 Å². The van der Waals surface area contributed by atoms with E-state index in [0.29, 0.717) is 30.3 Å². The molecule has 2 amide bonds. The zero-order chi connectivity index (χ0) is 16.2. The Morgan fingerprint density at radius 1 is 1.04 bits per heavy atom. The molecule has 0 aromatic carbocycles. The minimum absolute atomic E-state index is 0.218. The number of amides is 2. The molecule has 1 aliphatic heterocycles. The van der Waals surface area contributed by atoms with E-state index in [1.165, 1.54) is 6.42 Å². The third-order valence-electron chi connectivity index (χ3n) is 5.82. The van der Waals surface area contributed by atoms with E-state index >= 15 is 0 Å². The summed E-state index contributed by atoms with van der Waals surface area (Å²) < 4.78 is 0. The molecular weight excluding hydrogens is 288 g/mol. The van der Waals surface area contributed by atoms with Gasteiger partial charge in [0.25, 0.3) is 0 Å². The van der Waals surface area contributed by atoms with Gasteiger partial charge in [-0.15, -0.1) is 0 Å². The van der Waals surface area contributed by atoms with Crippen LogP contribution < -0.4 is 0 Å². The highest BCUT2D eigenvalue weighted by atomic mass is 16.2. The van der Waals surface area contributed by atoms with Crippen molar-refractivity contribution in [3.05, 3.63) is 12.2 Å². The van der Waals surface area contributed by atoms with Crippen molar-refractivity contribution in [2.24, 2.45) is 5.92 Å². The lowest BCUT2D eigenvalue weighted by molar-refractivity contribution is -0.136. The first-order chi connectivity index (χ1) is 11.1. The molecule has 0 bridgehead atoms. The van der Waals surface area contributed by atoms with Crippen molar-refractivity contribution in [2.75, 3.05) is 13.1 Å².